The molecule has 2 aromatic rings. The molecule has 2 heterocycles. The minimum atomic E-state index is -0.186. The van der Waals surface area contributed by atoms with Gasteiger partial charge in [0.1, 0.15) is 10.7 Å². The summed E-state index contributed by atoms with van der Waals surface area (Å²) in [5.74, 6) is 0.410. The Morgan fingerprint density at radius 1 is 1.40 bits per heavy atom. The molecule has 2 N–H and O–H groups in total. The lowest BCUT2D eigenvalue weighted by Gasteiger charge is -2.09. The molecular weight excluding hydrogens is 276 g/mol. The fraction of sp³-hybridized carbons (Fsp3) is 0.462. The normalized spacial score (nSPS) is 11.2. The van der Waals surface area contributed by atoms with Gasteiger partial charge < -0.3 is 15.2 Å². The molecule has 2 rings (SSSR count). The molecule has 0 aliphatic rings. The second-order valence-electron chi connectivity index (χ2n) is 4.95. The van der Waals surface area contributed by atoms with E-state index in [1.807, 2.05) is 19.0 Å². The Labute approximate surface area is 120 Å². The van der Waals surface area contributed by atoms with Gasteiger partial charge in [0.15, 0.2) is 0 Å². The summed E-state index contributed by atoms with van der Waals surface area (Å²) >= 11 is 1.26. The molecule has 20 heavy (non-hydrogen) atoms. The molecule has 0 bridgehead atoms. The van der Waals surface area contributed by atoms with Crippen LogP contribution in [0.5, 0.6) is 0 Å². The SMILES string of the molecule is Cc1nc2sc(C(=O)NCCN(C)C)c(C)c2c(=O)[nH]1. The first-order valence-electron chi connectivity index (χ1n) is 6.33. The second-order valence-corrected chi connectivity index (χ2v) is 5.95. The lowest BCUT2D eigenvalue weighted by molar-refractivity contribution is 0.0954. The number of aryl methyl sites for hydroxylation is 2. The molecule has 0 aliphatic carbocycles. The van der Waals surface area contributed by atoms with Crippen molar-refractivity contribution < 1.29 is 4.79 Å². The molecule has 6 nitrogen and oxygen atoms in total. The number of aromatic amines is 1. The number of hydrogen-bond acceptors (Lipinski definition) is 5. The first-order chi connectivity index (χ1) is 9.40. The van der Waals surface area contributed by atoms with Crippen molar-refractivity contribution in [1.29, 1.82) is 0 Å². The van der Waals surface area contributed by atoms with Gasteiger partial charge in [-0.05, 0) is 33.5 Å². The number of H-pyrrole nitrogens is 1. The van der Waals surface area contributed by atoms with Crippen molar-refractivity contribution in [3.8, 4) is 0 Å². The number of thiophene rings is 1. The summed E-state index contributed by atoms with van der Waals surface area (Å²) in [6, 6.07) is 0. The standard InChI is InChI=1S/C13H18N4O2S/c1-7-9-11(18)15-8(2)16-13(9)20-10(7)12(19)14-5-6-17(3)4/h5-6H2,1-4H3,(H,14,19)(H,15,16,18). The molecule has 108 valence electrons. The number of carbonyl (C=O) groups excluding carboxylic acids is 1. The maximum absolute atomic E-state index is 12.2. The van der Waals surface area contributed by atoms with Gasteiger partial charge in [0.2, 0.25) is 0 Å². The number of rotatable bonds is 4. The second kappa shape index (κ2) is 5.72. The van der Waals surface area contributed by atoms with Crippen LogP contribution in [0, 0.1) is 13.8 Å². The number of nitrogens with zero attached hydrogens (tertiary/aromatic N) is 2. The monoisotopic (exact) mass is 294 g/mol. The topological polar surface area (TPSA) is 78.1 Å². The summed E-state index contributed by atoms with van der Waals surface area (Å²) in [6.45, 7) is 4.86. The molecule has 0 radical (unpaired) electrons. The lowest BCUT2D eigenvalue weighted by atomic mass is 10.2. The van der Waals surface area contributed by atoms with E-state index in [4.69, 9.17) is 0 Å². The van der Waals surface area contributed by atoms with Crippen LogP contribution in [0.2, 0.25) is 0 Å². The Morgan fingerprint density at radius 2 is 2.10 bits per heavy atom. The third-order valence-electron chi connectivity index (χ3n) is 2.97. The van der Waals surface area contributed by atoms with Crippen molar-refractivity contribution in [2.45, 2.75) is 13.8 Å². The maximum Gasteiger partial charge on any atom is 0.261 e. The highest BCUT2D eigenvalue weighted by Crippen LogP contribution is 2.26. The molecule has 0 aromatic carbocycles. The molecule has 0 fully saturated rings. The van der Waals surface area contributed by atoms with Crippen molar-refractivity contribution in [1.82, 2.24) is 20.2 Å². The molecular formula is C13H18N4O2S. The average Bonchev–Trinajstić information content (AvgIpc) is 2.65. The summed E-state index contributed by atoms with van der Waals surface area (Å²) in [5, 5.41) is 3.37. The Morgan fingerprint density at radius 3 is 2.75 bits per heavy atom. The number of carbonyl (C=O) groups is 1. The van der Waals surface area contributed by atoms with Crippen LogP contribution >= 0.6 is 11.3 Å². The Balaban J connectivity index is 2.31. The van der Waals surface area contributed by atoms with E-state index in [0.29, 0.717) is 33.0 Å². The van der Waals surface area contributed by atoms with Gasteiger partial charge in [0.05, 0.1) is 10.3 Å². The third-order valence-corrected chi connectivity index (χ3v) is 4.15. The maximum atomic E-state index is 12.2. The number of hydrogen-bond donors (Lipinski definition) is 2. The van der Waals surface area contributed by atoms with E-state index in [1.165, 1.54) is 11.3 Å². The molecule has 0 atom stereocenters. The van der Waals surface area contributed by atoms with Gasteiger partial charge in [-0.1, -0.05) is 0 Å². The van der Waals surface area contributed by atoms with E-state index in [0.717, 1.165) is 6.54 Å². The predicted molar refractivity (Wildman–Crippen MR) is 80.6 cm³/mol. The molecule has 0 spiro atoms. The largest absolute Gasteiger partial charge is 0.350 e. The zero-order chi connectivity index (χ0) is 14.9. The van der Waals surface area contributed by atoms with E-state index < -0.39 is 0 Å². The predicted octanol–water partition coefficient (Wildman–Crippen LogP) is 0.893. The van der Waals surface area contributed by atoms with Gasteiger partial charge in [0, 0.05) is 13.1 Å². The van der Waals surface area contributed by atoms with Crippen molar-refractivity contribution >= 4 is 27.5 Å². The van der Waals surface area contributed by atoms with Crippen LogP contribution in [0.15, 0.2) is 4.79 Å². The third kappa shape index (κ3) is 2.88. The van der Waals surface area contributed by atoms with Crippen molar-refractivity contribution in [3.05, 3.63) is 26.6 Å². The van der Waals surface area contributed by atoms with Gasteiger partial charge in [-0.2, -0.15) is 0 Å². The van der Waals surface area contributed by atoms with Crippen LogP contribution < -0.4 is 10.9 Å². The molecule has 7 heteroatoms. The number of nitrogens with one attached hydrogen (secondary N) is 2. The summed E-state index contributed by atoms with van der Waals surface area (Å²) in [7, 11) is 3.90. The zero-order valence-electron chi connectivity index (χ0n) is 12.0. The minimum absolute atomic E-state index is 0.149. The number of amides is 1. The lowest BCUT2D eigenvalue weighted by Crippen LogP contribution is -2.31. The van der Waals surface area contributed by atoms with Gasteiger partial charge in [-0.15, -0.1) is 11.3 Å². The molecule has 0 aliphatic heterocycles. The summed E-state index contributed by atoms with van der Waals surface area (Å²) < 4.78 is 0. The Hall–Kier alpha value is -1.73. The van der Waals surface area contributed by atoms with E-state index in [2.05, 4.69) is 15.3 Å². The highest BCUT2D eigenvalue weighted by molar-refractivity contribution is 7.20. The highest BCUT2D eigenvalue weighted by atomic mass is 32.1. The van der Waals surface area contributed by atoms with E-state index >= 15 is 0 Å². The van der Waals surface area contributed by atoms with E-state index in [9.17, 15) is 9.59 Å². The van der Waals surface area contributed by atoms with Crippen molar-refractivity contribution in [2.24, 2.45) is 0 Å². The molecule has 0 saturated heterocycles. The Kier molecular flexibility index (Phi) is 4.20. The number of likely N-dealkylation sites (N-methyl/N-ethyl adjacent to an activating group) is 1. The molecule has 1 amide bonds. The van der Waals surface area contributed by atoms with Crippen LogP contribution in [0.3, 0.4) is 0 Å². The van der Waals surface area contributed by atoms with Crippen molar-refractivity contribution in [3.63, 3.8) is 0 Å². The smallest absolute Gasteiger partial charge is 0.261 e. The zero-order valence-corrected chi connectivity index (χ0v) is 12.8. The number of aromatic nitrogens is 2. The van der Waals surface area contributed by atoms with Crippen LogP contribution in [0.1, 0.15) is 21.1 Å². The highest BCUT2D eigenvalue weighted by Gasteiger charge is 2.18. The minimum Gasteiger partial charge on any atom is -0.350 e. The van der Waals surface area contributed by atoms with Gasteiger partial charge >= 0.3 is 0 Å². The van der Waals surface area contributed by atoms with Gasteiger partial charge in [-0.25, -0.2) is 4.98 Å². The van der Waals surface area contributed by atoms with Gasteiger partial charge in [-0.3, -0.25) is 9.59 Å². The molecule has 2 aromatic heterocycles. The van der Waals surface area contributed by atoms with Crippen LogP contribution in [0.25, 0.3) is 10.2 Å². The first kappa shape index (κ1) is 14.7. The molecule has 0 unspecified atom stereocenters. The fourth-order valence-electron chi connectivity index (χ4n) is 1.94. The van der Waals surface area contributed by atoms with Crippen LogP contribution in [-0.2, 0) is 0 Å². The average molecular weight is 294 g/mol. The van der Waals surface area contributed by atoms with Crippen molar-refractivity contribution in [2.75, 3.05) is 27.2 Å². The summed E-state index contributed by atoms with van der Waals surface area (Å²) in [4.78, 5) is 34.2. The fourth-order valence-corrected chi connectivity index (χ4v) is 3.09. The first-order valence-corrected chi connectivity index (χ1v) is 7.14. The molecule has 0 saturated carbocycles. The van der Waals surface area contributed by atoms with Gasteiger partial charge in [0.25, 0.3) is 11.5 Å². The van der Waals surface area contributed by atoms with E-state index in [1.54, 1.807) is 13.8 Å². The van der Waals surface area contributed by atoms with Crippen LogP contribution in [-0.4, -0.2) is 48.0 Å². The van der Waals surface area contributed by atoms with E-state index in [-0.39, 0.29) is 11.5 Å². The van der Waals surface area contributed by atoms with Crippen LogP contribution in [0.4, 0.5) is 0 Å². The Bertz CT molecular complexity index is 702. The quantitative estimate of drug-likeness (QED) is 0.878. The summed E-state index contributed by atoms with van der Waals surface area (Å²) in [6.07, 6.45) is 0. The summed E-state index contributed by atoms with van der Waals surface area (Å²) in [5.41, 5.74) is 0.509. The number of fused-ring (bicyclic) bond motifs is 1.